The maximum atomic E-state index is 9.20. The van der Waals surface area contributed by atoms with Gasteiger partial charge in [-0.15, -0.1) is 24.8 Å². The van der Waals surface area contributed by atoms with Gasteiger partial charge in [0.25, 0.3) is 0 Å². The van der Waals surface area contributed by atoms with E-state index in [0.29, 0.717) is 6.42 Å². The van der Waals surface area contributed by atoms with Crippen LogP contribution in [0.25, 0.3) is 10.8 Å². The van der Waals surface area contributed by atoms with Gasteiger partial charge in [0.15, 0.2) is 0 Å². The minimum Gasteiger partial charge on any atom is -0.497 e. The lowest BCUT2D eigenvalue weighted by Gasteiger charge is -2.34. The first kappa shape index (κ1) is 20.5. The zero-order valence-electron chi connectivity index (χ0n) is 13.7. The predicted molar refractivity (Wildman–Crippen MR) is 102 cm³/mol. The molecule has 1 heterocycles. The number of benzene rings is 2. The number of hydrogen-bond acceptors (Lipinski definition) is 4. The van der Waals surface area contributed by atoms with Gasteiger partial charge in [0.1, 0.15) is 5.75 Å². The van der Waals surface area contributed by atoms with Crippen LogP contribution in [0.5, 0.6) is 5.75 Å². The smallest absolute Gasteiger partial charge is 0.119 e. The highest BCUT2D eigenvalue weighted by molar-refractivity contribution is 5.86. The van der Waals surface area contributed by atoms with E-state index in [0.717, 1.165) is 31.9 Å². The van der Waals surface area contributed by atoms with Gasteiger partial charge < -0.3 is 10.1 Å². The summed E-state index contributed by atoms with van der Waals surface area (Å²) in [5, 5.41) is 14.9. The lowest BCUT2D eigenvalue weighted by molar-refractivity contribution is 0.176. The lowest BCUT2D eigenvalue weighted by Crippen LogP contribution is -2.45. The summed E-state index contributed by atoms with van der Waals surface area (Å²) >= 11 is 0. The van der Waals surface area contributed by atoms with Crippen molar-refractivity contribution in [1.29, 1.82) is 5.26 Å². The third-order valence-corrected chi connectivity index (χ3v) is 4.33. The molecule has 2 aromatic rings. The normalized spacial score (nSPS) is 15.7. The quantitative estimate of drug-likeness (QED) is 0.897. The van der Waals surface area contributed by atoms with Crippen molar-refractivity contribution in [3.63, 3.8) is 0 Å². The van der Waals surface area contributed by atoms with Crippen molar-refractivity contribution in [3.8, 4) is 11.8 Å². The topological polar surface area (TPSA) is 48.3 Å². The van der Waals surface area contributed by atoms with E-state index in [4.69, 9.17) is 4.74 Å². The van der Waals surface area contributed by atoms with E-state index in [9.17, 15) is 5.26 Å². The SMILES string of the molecule is COc1ccc2cc([C@@H](CC#N)N3CCNCC3)ccc2c1.Cl.Cl. The maximum Gasteiger partial charge on any atom is 0.119 e. The Morgan fingerprint density at radius 3 is 2.46 bits per heavy atom. The minimum absolute atomic E-state index is 0. The number of ether oxygens (including phenoxy) is 1. The zero-order chi connectivity index (χ0) is 15.4. The highest BCUT2D eigenvalue weighted by Gasteiger charge is 2.22. The zero-order valence-corrected chi connectivity index (χ0v) is 15.3. The molecule has 0 saturated carbocycles. The van der Waals surface area contributed by atoms with Crippen LogP contribution in [0.15, 0.2) is 36.4 Å². The molecular formula is C18H23Cl2N3O. The molecule has 0 unspecified atom stereocenters. The number of nitriles is 1. The van der Waals surface area contributed by atoms with Crippen LogP contribution in [-0.4, -0.2) is 38.2 Å². The first-order valence-electron chi connectivity index (χ1n) is 7.71. The number of fused-ring (bicyclic) bond motifs is 1. The molecule has 2 aromatic carbocycles. The molecule has 3 rings (SSSR count). The molecule has 4 nitrogen and oxygen atoms in total. The lowest BCUT2D eigenvalue weighted by atomic mass is 9.98. The maximum absolute atomic E-state index is 9.20. The molecule has 6 heteroatoms. The molecule has 1 saturated heterocycles. The Labute approximate surface area is 155 Å². The van der Waals surface area contributed by atoms with E-state index in [2.05, 4.69) is 40.6 Å². The van der Waals surface area contributed by atoms with E-state index < -0.39 is 0 Å². The van der Waals surface area contributed by atoms with Crippen molar-refractivity contribution in [1.82, 2.24) is 10.2 Å². The van der Waals surface area contributed by atoms with Crippen molar-refractivity contribution < 1.29 is 4.74 Å². The fraction of sp³-hybridized carbons (Fsp3) is 0.389. The third kappa shape index (κ3) is 4.52. The van der Waals surface area contributed by atoms with Gasteiger partial charge >= 0.3 is 0 Å². The molecule has 1 N–H and O–H groups in total. The average molecular weight is 368 g/mol. The van der Waals surface area contributed by atoms with Gasteiger partial charge in [0.2, 0.25) is 0 Å². The number of halogens is 2. The van der Waals surface area contributed by atoms with Crippen LogP contribution in [0.1, 0.15) is 18.0 Å². The van der Waals surface area contributed by atoms with E-state index in [1.807, 2.05) is 12.1 Å². The summed E-state index contributed by atoms with van der Waals surface area (Å²) < 4.78 is 5.28. The predicted octanol–water partition coefficient (Wildman–Crippen LogP) is 3.55. The largest absolute Gasteiger partial charge is 0.497 e. The van der Waals surface area contributed by atoms with E-state index in [1.165, 1.54) is 16.3 Å². The van der Waals surface area contributed by atoms with Gasteiger partial charge in [-0.05, 0) is 34.5 Å². The fourth-order valence-electron chi connectivity index (χ4n) is 3.11. The molecule has 1 atom stereocenters. The third-order valence-electron chi connectivity index (χ3n) is 4.33. The summed E-state index contributed by atoms with van der Waals surface area (Å²) in [7, 11) is 1.68. The second-order valence-corrected chi connectivity index (χ2v) is 5.64. The molecule has 130 valence electrons. The van der Waals surface area contributed by atoms with Crippen molar-refractivity contribution in [2.45, 2.75) is 12.5 Å². The van der Waals surface area contributed by atoms with Crippen LogP contribution in [0, 0.1) is 11.3 Å². The van der Waals surface area contributed by atoms with Crippen LogP contribution in [0.3, 0.4) is 0 Å². The van der Waals surface area contributed by atoms with Crippen LogP contribution < -0.4 is 10.1 Å². The summed E-state index contributed by atoms with van der Waals surface area (Å²) in [5.41, 5.74) is 1.22. The molecule has 1 fully saturated rings. The fourth-order valence-corrected chi connectivity index (χ4v) is 3.11. The first-order chi connectivity index (χ1) is 10.8. The second-order valence-electron chi connectivity index (χ2n) is 5.64. The van der Waals surface area contributed by atoms with Crippen LogP contribution in [0.2, 0.25) is 0 Å². The highest BCUT2D eigenvalue weighted by atomic mass is 35.5. The Morgan fingerprint density at radius 1 is 1.12 bits per heavy atom. The number of nitrogens with zero attached hydrogens (tertiary/aromatic N) is 2. The summed E-state index contributed by atoms with van der Waals surface area (Å²) in [6, 6.07) is 15.1. The standard InChI is InChI=1S/C18H21N3O.2ClH/c1-22-17-5-4-14-12-16(3-2-15(14)13-17)18(6-7-19)21-10-8-20-9-11-21;;/h2-5,12-13,18,20H,6,8-11H2,1H3;2*1H/t18-;;/m1../s1. The summed E-state index contributed by atoms with van der Waals surface area (Å²) in [6.45, 7) is 3.97. The van der Waals surface area contributed by atoms with Gasteiger partial charge in [-0.3, -0.25) is 4.90 Å². The molecule has 1 aliphatic rings. The van der Waals surface area contributed by atoms with E-state index in [-0.39, 0.29) is 30.9 Å². The second kappa shape index (κ2) is 9.71. The van der Waals surface area contributed by atoms with Crippen molar-refractivity contribution >= 4 is 35.6 Å². The molecule has 0 radical (unpaired) electrons. The van der Waals surface area contributed by atoms with Gasteiger partial charge in [0.05, 0.1) is 19.6 Å². The van der Waals surface area contributed by atoms with Gasteiger partial charge in [-0.25, -0.2) is 0 Å². The number of rotatable bonds is 4. The molecule has 0 aromatic heterocycles. The first-order valence-corrected chi connectivity index (χ1v) is 7.71. The monoisotopic (exact) mass is 367 g/mol. The Kier molecular flexibility index (Phi) is 8.30. The Hall–Kier alpha value is -1.51. The summed E-state index contributed by atoms with van der Waals surface area (Å²) in [4.78, 5) is 2.41. The highest BCUT2D eigenvalue weighted by Crippen LogP contribution is 2.29. The molecule has 0 amide bonds. The molecule has 0 aliphatic carbocycles. The van der Waals surface area contributed by atoms with Gasteiger partial charge in [-0.2, -0.15) is 5.26 Å². The Balaban J connectivity index is 0.00000144. The average Bonchev–Trinajstić information content (AvgIpc) is 2.59. The Bertz CT molecular complexity index is 696. The number of methoxy groups -OCH3 is 1. The summed E-state index contributed by atoms with van der Waals surface area (Å²) in [5.74, 6) is 0.871. The van der Waals surface area contributed by atoms with Gasteiger partial charge in [0, 0.05) is 32.2 Å². The number of hydrogen-bond donors (Lipinski definition) is 1. The minimum atomic E-state index is 0. The molecular weight excluding hydrogens is 345 g/mol. The van der Waals surface area contributed by atoms with Crippen molar-refractivity contribution in [2.24, 2.45) is 0 Å². The van der Waals surface area contributed by atoms with E-state index in [1.54, 1.807) is 7.11 Å². The van der Waals surface area contributed by atoms with Crippen LogP contribution in [-0.2, 0) is 0 Å². The van der Waals surface area contributed by atoms with E-state index >= 15 is 0 Å². The Morgan fingerprint density at radius 2 is 1.79 bits per heavy atom. The van der Waals surface area contributed by atoms with Crippen LogP contribution >= 0.6 is 24.8 Å². The number of piperazine rings is 1. The van der Waals surface area contributed by atoms with Crippen LogP contribution in [0.4, 0.5) is 0 Å². The molecule has 1 aliphatic heterocycles. The van der Waals surface area contributed by atoms with Crippen molar-refractivity contribution in [2.75, 3.05) is 33.3 Å². The van der Waals surface area contributed by atoms with Crippen molar-refractivity contribution in [3.05, 3.63) is 42.0 Å². The van der Waals surface area contributed by atoms with Gasteiger partial charge in [-0.1, -0.05) is 18.2 Å². The number of nitrogens with one attached hydrogen (secondary N) is 1. The summed E-state index contributed by atoms with van der Waals surface area (Å²) in [6.07, 6.45) is 0.529. The molecule has 24 heavy (non-hydrogen) atoms. The molecule has 0 spiro atoms. The molecule has 0 bridgehead atoms.